The van der Waals surface area contributed by atoms with E-state index in [4.69, 9.17) is 0 Å². The standard InChI is InChI=1S/C17H25N3O2/c1-2-18-17(22)14-8-7-9-15(12-14)19-13-16(21)20-10-5-3-4-6-11-20/h7-9,12,19H,2-6,10-11,13H2,1H3,(H,18,22). The minimum Gasteiger partial charge on any atom is -0.376 e. The zero-order valence-electron chi connectivity index (χ0n) is 13.2. The first kappa shape index (κ1) is 16.3. The summed E-state index contributed by atoms with van der Waals surface area (Å²) in [7, 11) is 0. The van der Waals surface area contributed by atoms with Gasteiger partial charge in [0.1, 0.15) is 0 Å². The van der Waals surface area contributed by atoms with Gasteiger partial charge in [0, 0.05) is 30.9 Å². The van der Waals surface area contributed by atoms with E-state index in [1.165, 1.54) is 12.8 Å². The number of likely N-dealkylation sites (tertiary alicyclic amines) is 1. The van der Waals surface area contributed by atoms with Gasteiger partial charge in [0.2, 0.25) is 5.91 Å². The quantitative estimate of drug-likeness (QED) is 0.877. The average Bonchev–Trinajstić information content (AvgIpc) is 2.82. The van der Waals surface area contributed by atoms with Crippen molar-refractivity contribution in [3.05, 3.63) is 29.8 Å². The Hall–Kier alpha value is -2.04. The van der Waals surface area contributed by atoms with Crippen LogP contribution in [0, 0.1) is 0 Å². The summed E-state index contributed by atoms with van der Waals surface area (Å²) in [4.78, 5) is 26.0. The molecule has 0 unspecified atom stereocenters. The summed E-state index contributed by atoms with van der Waals surface area (Å²) in [5, 5.41) is 5.90. The highest BCUT2D eigenvalue weighted by molar-refractivity contribution is 5.95. The molecule has 1 aliphatic heterocycles. The Balaban J connectivity index is 1.89. The van der Waals surface area contributed by atoms with E-state index in [0.29, 0.717) is 12.1 Å². The van der Waals surface area contributed by atoms with Gasteiger partial charge in [0.25, 0.3) is 5.91 Å². The second-order valence-corrected chi connectivity index (χ2v) is 5.59. The van der Waals surface area contributed by atoms with Crippen molar-refractivity contribution in [2.75, 3.05) is 31.5 Å². The van der Waals surface area contributed by atoms with E-state index in [0.717, 1.165) is 31.6 Å². The van der Waals surface area contributed by atoms with E-state index >= 15 is 0 Å². The lowest BCUT2D eigenvalue weighted by Gasteiger charge is -2.20. The van der Waals surface area contributed by atoms with Gasteiger partial charge < -0.3 is 15.5 Å². The van der Waals surface area contributed by atoms with Gasteiger partial charge >= 0.3 is 0 Å². The third-order valence-corrected chi connectivity index (χ3v) is 3.86. The molecule has 2 N–H and O–H groups in total. The van der Waals surface area contributed by atoms with Crippen molar-refractivity contribution >= 4 is 17.5 Å². The highest BCUT2D eigenvalue weighted by Crippen LogP contribution is 2.12. The molecular formula is C17H25N3O2. The van der Waals surface area contributed by atoms with Crippen molar-refractivity contribution in [3.8, 4) is 0 Å². The normalized spacial score (nSPS) is 15.0. The van der Waals surface area contributed by atoms with Crippen LogP contribution in [0.2, 0.25) is 0 Å². The van der Waals surface area contributed by atoms with Gasteiger partial charge in [-0.3, -0.25) is 9.59 Å². The molecule has 5 heteroatoms. The van der Waals surface area contributed by atoms with Crippen LogP contribution in [0.3, 0.4) is 0 Å². The fourth-order valence-electron chi connectivity index (χ4n) is 2.64. The molecule has 0 atom stereocenters. The predicted molar refractivity (Wildman–Crippen MR) is 88.0 cm³/mol. The van der Waals surface area contributed by atoms with Crippen LogP contribution in [0.5, 0.6) is 0 Å². The van der Waals surface area contributed by atoms with Crippen molar-refractivity contribution in [1.29, 1.82) is 0 Å². The number of benzene rings is 1. The van der Waals surface area contributed by atoms with E-state index < -0.39 is 0 Å². The Morgan fingerprint density at radius 2 is 1.86 bits per heavy atom. The van der Waals surface area contributed by atoms with Crippen LogP contribution < -0.4 is 10.6 Å². The molecule has 1 aromatic carbocycles. The van der Waals surface area contributed by atoms with Gasteiger partial charge in [-0.2, -0.15) is 0 Å². The molecule has 2 amide bonds. The number of rotatable bonds is 5. The lowest BCUT2D eigenvalue weighted by molar-refractivity contribution is -0.129. The second-order valence-electron chi connectivity index (χ2n) is 5.59. The van der Waals surface area contributed by atoms with Gasteiger partial charge in [-0.15, -0.1) is 0 Å². The Labute approximate surface area is 132 Å². The number of nitrogens with zero attached hydrogens (tertiary/aromatic N) is 1. The van der Waals surface area contributed by atoms with E-state index in [9.17, 15) is 9.59 Å². The molecule has 5 nitrogen and oxygen atoms in total. The van der Waals surface area contributed by atoms with E-state index in [2.05, 4.69) is 10.6 Å². The van der Waals surface area contributed by atoms with Gasteiger partial charge in [0.05, 0.1) is 6.54 Å². The van der Waals surface area contributed by atoms with Gasteiger partial charge in [-0.25, -0.2) is 0 Å². The maximum atomic E-state index is 12.2. The van der Waals surface area contributed by atoms with Crippen LogP contribution in [-0.2, 0) is 4.79 Å². The monoisotopic (exact) mass is 303 g/mol. The minimum absolute atomic E-state index is 0.0926. The fraction of sp³-hybridized carbons (Fsp3) is 0.529. The number of hydrogen-bond donors (Lipinski definition) is 2. The van der Waals surface area contributed by atoms with Crippen molar-refractivity contribution in [2.45, 2.75) is 32.6 Å². The first-order valence-electron chi connectivity index (χ1n) is 8.10. The molecule has 0 spiro atoms. The molecule has 1 aromatic rings. The third-order valence-electron chi connectivity index (χ3n) is 3.86. The number of anilines is 1. The first-order valence-corrected chi connectivity index (χ1v) is 8.10. The minimum atomic E-state index is -0.0926. The molecular weight excluding hydrogens is 278 g/mol. The topological polar surface area (TPSA) is 61.4 Å². The second kappa shape index (κ2) is 8.41. The molecule has 0 aromatic heterocycles. The molecule has 120 valence electrons. The van der Waals surface area contributed by atoms with Crippen LogP contribution in [0.4, 0.5) is 5.69 Å². The van der Waals surface area contributed by atoms with Gasteiger partial charge in [0.15, 0.2) is 0 Å². The molecule has 1 saturated heterocycles. The summed E-state index contributed by atoms with van der Waals surface area (Å²) >= 11 is 0. The molecule has 1 aliphatic rings. The van der Waals surface area contributed by atoms with Crippen molar-refractivity contribution < 1.29 is 9.59 Å². The van der Waals surface area contributed by atoms with E-state index in [1.807, 2.05) is 24.0 Å². The number of carbonyl (C=O) groups is 2. The molecule has 1 heterocycles. The number of carbonyl (C=O) groups excluding carboxylic acids is 2. The zero-order valence-corrected chi connectivity index (χ0v) is 13.2. The van der Waals surface area contributed by atoms with Gasteiger partial charge in [-0.05, 0) is 38.0 Å². The number of hydrogen-bond acceptors (Lipinski definition) is 3. The van der Waals surface area contributed by atoms with Crippen LogP contribution in [0.25, 0.3) is 0 Å². The van der Waals surface area contributed by atoms with E-state index in [-0.39, 0.29) is 18.4 Å². The fourth-order valence-corrected chi connectivity index (χ4v) is 2.64. The lowest BCUT2D eigenvalue weighted by Crippen LogP contribution is -2.36. The Bertz CT molecular complexity index is 508. The lowest BCUT2D eigenvalue weighted by atomic mass is 10.2. The summed E-state index contributed by atoms with van der Waals surface area (Å²) in [6.07, 6.45) is 4.62. The summed E-state index contributed by atoms with van der Waals surface area (Å²) in [5.41, 5.74) is 1.40. The first-order chi connectivity index (χ1) is 10.7. The van der Waals surface area contributed by atoms with Gasteiger partial charge in [-0.1, -0.05) is 18.9 Å². The molecule has 2 rings (SSSR count). The maximum Gasteiger partial charge on any atom is 0.251 e. The Kier molecular flexibility index (Phi) is 6.25. The summed E-state index contributed by atoms with van der Waals surface area (Å²) in [5.74, 6) is 0.0373. The van der Waals surface area contributed by atoms with Crippen LogP contribution in [0.1, 0.15) is 43.0 Å². The molecule has 0 bridgehead atoms. The Morgan fingerprint density at radius 1 is 1.14 bits per heavy atom. The van der Waals surface area contributed by atoms with Crippen molar-refractivity contribution in [1.82, 2.24) is 10.2 Å². The average molecular weight is 303 g/mol. The van der Waals surface area contributed by atoms with Crippen LogP contribution in [-0.4, -0.2) is 42.9 Å². The maximum absolute atomic E-state index is 12.2. The summed E-state index contributed by atoms with van der Waals surface area (Å²) in [6.45, 7) is 4.49. The predicted octanol–water partition coefficient (Wildman–Crippen LogP) is 2.25. The zero-order chi connectivity index (χ0) is 15.8. The molecule has 1 fully saturated rings. The number of amides is 2. The summed E-state index contributed by atoms with van der Waals surface area (Å²) in [6, 6.07) is 7.25. The third kappa shape index (κ3) is 4.76. The highest BCUT2D eigenvalue weighted by Gasteiger charge is 2.15. The SMILES string of the molecule is CCNC(=O)c1cccc(NCC(=O)N2CCCCCC2)c1. The highest BCUT2D eigenvalue weighted by atomic mass is 16.2. The van der Waals surface area contributed by atoms with Crippen LogP contribution in [0.15, 0.2) is 24.3 Å². The molecule has 22 heavy (non-hydrogen) atoms. The van der Waals surface area contributed by atoms with Crippen molar-refractivity contribution in [3.63, 3.8) is 0 Å². The summed E-state index contributed by atoms with van der Waals surface area (Å²) < 4.78 is 0. The van der Waals surface area contributed by atoms with E-state index in [1.54, 1.807) is 12.1 Å². The smallest absolute Gasteiger partial charge is 0.251 e. The number of nitrogens with one attached hydrogen (secondary N) is 2. The molecule has 0 aliphatic carbocycles. The Morgan fingerprint density at radius 3 is 2.55 bits per heavy atom. The van der Waals surface area contributed by atoms with Crippen molar-refractivity contribution in [2.24, 2.45) is 0 Å². The largest absolute Gasteiger partial charge is 0.376 e. The molecule has 0 radical (unpaired) electrons. The van der Waals surface area contributed by atoms with Crippen LogP contribution >= 0.6 is 0 Å². The molecule has 0 saturated carbocycles.